The van der Waals surface area contributed by atoms with Crippen LogP contribution in [0.3, 0.4) is 0 Å². The van der Waals surface area contributed by atoms with Gasteiger partial charge in [-0.3, -0.25) is 0 Å². The molecule has 0 unspecified atom stereocenters. The van der Waals surface area contributed by atoms with Crippen molar-refractivity contribution < 1.29 is 17.9 Å². The van der Waals surface area contributed by atoms with Crippen LogP contribution in [0.15, 0.2) is 66.7 Å². The minimum absolute atomic E-state index is 0.0579. The second-order valence-corrected chi connectivity index (χ2v) is 10.2. The lowest BCUT2D eigenvalue weighted by molar-refractivity contribution is 0.241. The summed E-state index contributed by atoms with van der Waals surface area (Å²) in [5.74, 6) is 0.663. The van der Waals surface area contributed by atoms with Crippen molar-refractivity contribution in [2.75, 3.05) is 50.5 Å². The molecule has 0 radical (unpaired) electrons. The van der Waals surface area contributed by atoms with Gasteiger partial charge in [0, 0.05) is 45.0 Å². The van der Waals surface area contributed by atoms with Gasteiger partial charge in [-0.05, 0) is 40.6 Å². The molecule has 2 amide bonds. The van der Waals surface area contributed by atoms with Gasteiger partial charge in [-0.25, -0.2) is 13.2 Å². The highest BCUT2D eigenvalue weighted by atomic mass is 32.2. The second-order valence-electron chi connectivity index (χ2n) is 8.15. The summed E-state index contributed by atoms with van der Waals surface area (Å²) in [7, 11) is -1.82. The van der Waals surface area contributed by atoms with Gasteiger partial charge in [0.15, 0.2) is 0 Å². The molecule has 1 aliphatic heterocycles. The van der Waals surface area contributed by atoms with Gasteiger partial charge in [-0.15, -0.1) is 0 Å². The molecule has 180 valence electrons. The monoisotopic (exact) mass is 482 g/mol. The van der Waals surface area contributed by atoms with Gasteiger partial charge in [0.25, 0.3) is 0 Å². The Morgan fingerprint density at radius 3 is 2.35 bits per heavy atom. The van der Waals surface area contributed by atoms with Crippen LogP contribution in [-0.4, -0.2) is 64.3 Å². The van der Waals surface area contributed by atoms with Crippen molar-refractivity contribution in [2.24, 2.45) is 0 Å². The summed E-state index contributed by atoms with van der Waals surface area (Å²) in [6.07, 6.45) is 0. The molecular formula is C25H30N4O4S. The van der Waals surface area contributed by atoms with Crippen LogP contribution in [0.4, 0.5) is 10.5 Å². The Bertz CT molecular complexity index is 1220. The van der Waals surface area contributed by atoms with E-state index >= 15 is 0 Å². The smallest absolute Gasteiger partial charge is 0.315 e. The number of nitrogens with zero attached hydrogens (tertiary/aromatic N) is 2. The first kappa shape index (κ1) is 23.8. The fourth-order valence-electron chi connectivity index (χ4n) is 4.12. The zero-order valence-corrected chi connectivity index (χ0v) is 20.1. The van der Waals surface area contributed by atoms with E-state index in [4.69, 9.17) is 4.74 Å². The first-order valence-electron chi connectivity index (χ1n) is 11.3. The number of benzene rings is 3. The zero-order chi connectivity index (χ0) is 24.0. The molecule has 3 aromatic rings. The highest BCUT2D eigenvalue weighted by molar-refractivity contribution is 7.89. The molecule has 4 rings (SSSR count). The fraction of sp³-hybridized carbons (Fsp3) is 0.320. The molecule has 9 heteroatoms. The maximum Gasteiger partial charge on any atom is 0.315 e. The summed E-state index contributed by atoms with van der Waals surface area (Å²) >= 11 is 0. The lowest BCUT2D eigenvalue weighted by atomic mass is 10.0. The quantitative estimate of drug-likeness (QED) is 0.515. The highest BCUT2D eigenvalue weighted by Gasteiger charge is 2.26. The number of hydrogen-bond donors (Lipinski definition) is 2. The molecule has 2 N–H and O–H groups in total. The summed E-state index contributed by atoms with van der Waals surface area (Å²) in [4.78, 5) is 14.4. The first-order valence-corrected chi connectivity index (χ1v) is 12.9. The van der Waals surface area contributed by atoms with Gasteiger partial charge in [0.1, 0.15) is 5.75 Å². The molecule has 1 fully saturated rings. The number of rotatable bonds is 8. The Hall–Kier alpha value is -3.30. The average Bonchev–Trinajstić information content (AvgIpc) is 2.87. The Morgan fingerprint density at radius 2 is 1.62 bits per heavy atom. The van der Waals surface area contributed by atoms with E-state index in [1.807, 2.05) is 66.7 Å². The molecule has 34 heavy (non-hydrogen) atoms. The van der Waals surface area contributed by atoms with Gasteiger partial charge in [0.2, 0.25) is 10.0 Å². The van der Waals surface area contributed by atoms with Crippen LogP contribution in [0.25, 0.3) is 10.8 Å². The lowest BCUT2D eigenvalue weighted by Gasteiger charge is -2.35. The SMILES string of the molecule is COc1ccc(N2CCN(S(=O)(=O)CCNC(=O)NCc3cccc4ccccc34)CC2)cc1. The maximum atomic E-state index is 12.7. The van der Waals surface area contributed by atoms with E-state index in [0.717, 1.165) is 27.8 Å². The third-order valence-electron chi connectivity index (χ3n) is 6.03. The lowest BCUT2D eigenvalue weighted by Crippen LogP contribution is -2.50. The van der Waals surface area contributed by atoms with Gasteiger partial charge in [0.05, 0.1) is 12.9 Å². The number of ether oxygens (including phenoxy) is 1. The molecular weight excluding hydrogens is 452 g/mol. The number of carbonyl (C=O) groups is 1. The van der Waals surface area contributed by atoms with Gasteiger partial charge < -0.3 is 20.3 Å². The van der Waals surface area contributed by atoms with Gasteiger partial charge >= 0.3 is 6.03 Å². The number of sulfonamides is 1. The molecule has 3 aromatic carbocycles. The number of nitrogens with one attached hydrogen (secondary N) is 2. The van der Waals surface area contributed by atoms with Crippen molar-refractivity contribution >= 4 is 32.5 Å². The van der Waals surface area contributed by atoms with Gasteiger partial charge in [-0.1, -0.05) is 42.5 Å². The summed E-state index contributed by atoms with van der Waals surface area (Å²) in [6, 6.07) is 21.3. The normalized spacial score (nSPS) is 14.7. The van der Waals surface area contributed by atoms with Crippen LogP contribution in [-0.2, 0) is 16.6 Å². The number of hydrogen-bond acceptors (Lipinski definition) is 5. The number of amides is 2. The number of urea groups is 1. The second kappa shape index (κ2) is 10.8. The van der Waals surface area contributed by atoms with E-state index in [0.29, 0.717) is 32.7 Å². The van der Waals surface area contributed by atoms with Crippen LogP contribution in [0.1, 0.15) is 5.56 Å². The highest BCUT2D eigenvalue weighted by Crippen LogP contribution is 2.21. The van der Waals surface area contributed by atoms with Crippen molar-refractivity contribution in [3.8, 4) is 5.75 Å². The van der Waals surface area contributed by atoms with Crippen molar-refractivity contribution in [3.05, 3.63) is 72.3 Å². The first-order chi connectivity index (χ1) is 16.5. The number of methoxy groups -OCH3 is 1. The number of anilines is 1. The number of fused-ring (bicyclic) bond motifs is 1. The van der Waals surface area contributed by atoms with E-state index in [9.17, 15) is 13.2 Å². The van der Waals surface area contributed by atoms with Gasteiger partial charge in [-0.2, -0.15) is 4.31 Å². The molecule has 0 aromatic heterocycles. The Labute approximate surface area is 200 Å². The predicted molar refractivity (Wildman–Crippen MR) is 135 cm³/mol. The Kier molecular flexibility index (Phi) is 7.54. The minimum Gasteiger partial charge on any atom is -0.497 e. The number of carbonyl (C=O) groups excluding carboxylic acids is 1. The average molecular weight is 483 g/mol. The van der Waals surface area contributed by atoms with Crippen molar-refractivity contribution in [3.63, 3.8) is 0 Å². The molecule has 8 nitrogen and oxygen atoms in total. The molecule has 1 aliphatic rings. The zero-order valence-electron chi connectivity index (χ0n) is 19.2. The third kappa shape index (κ3) is 5.78. The maximum absolute atomic E-state index is 12.7. The van der Waals surface area contributed by atoms with E-state index in [1.165, 1.54) is 4.31 Å². The largest absolute Gasteiger partial charge is 0.497 e. The van der Waals surface area contributed by atoms with Crippen LogP contribution >= 0.6 is 0 Å². The molecule has 0 spiro atoms. The van der Waals surface area contributed by atoms with Crippen LogP contribution in [0.5, 0.6) is 5.75 Å². The van der Waals surface area contributed by atoms with E-state index in [2.05, 4.69) is 15.5 Å². The van der Waals surface area contributed by atoms with Crippen molar-refractivity contribution in [1.29, 1.82) is 0 Å². The standard InChI is InChI=1S/C25H30N4O4S/c1-33-23-11-9-22(10-12-23)28-14-16-29(17-15-28)34(31,32)18-13-26-25(30)27-19-21-7-4-6-20-5-2-3-8-24(20)21/h2-12H,13-19H2,1H3,(H2,26,27,30). The minimum atomic E-state index is -3.45. The predicted octanol–water partition coefficient (Wildman–Crippen LogP) is 2.80. The number of piperazine rings is 1. The molecule has 0 saturated carbocycles. The van der Waals surface area contributed by atoms with E-state index in [-0.39, 0.29) is 18.3 Å². The molecule has 0 aliphatic carbocycles. The summed E-state index contributed by atoms with van der Waals surface area (Å²) in [5, 5.41) is 7.67. The summed E-state index contributed by atoms with van der Waals surface area (Å²) < 4.78 is 32.2. The fourth-order valence-corrected chi connectivity index (χ4v) is 5.46. The molecule has 0 atom stereocenters. The van der Waals surface area contributed by atoms with E-state index in [1.54, 1.807) is 7.11 Å². The molecule has 1 saturated heterocycles. The Morgan fingerprint density at radius 1 is 0.912 bits per heavy atom. The van der Waals surface area contributed by atoms with Crippen LogP contribution in [0, 0.1) is 0 Å². The summed E-state index contributed by atoms with van der Waals surface area (Å²) in [5.41, 5.74) is 2.05. The molecule has 1 heterocycles. The van der Waals surface area contributed by atoms with E-state index < -0.39 is 10.0 Å². The van der Waals surface area contributed by atoms with Crippen LogP contribution < -0.4 is 20.3 Å². The summed E-state index contributed by atoms with van der Waals surface area (Å²) in [6.45, 7) is 2.49. The van der Waals surface area contributed by atoms with Crippen molar-refractivity contribution in [1.82, 2.24) is 14.9 Å². The third-order valence-corrected chi connectivity index (χ3v) is 7.91. The van der Waals surface area contributed by atoms with Crippen molar-refractivity contribution in [2.45, 2.75) is 6.54 Å². The Balaban J connectivity index is 1.21. The van der Waals surface area contributed by atoms with Crippen LogP contribution in [0.2, 0.25) is 0 Å². The topological polar surface area (TPSA) is 91.0 Å². The molecule has 0 bridgehead atoms.